The molecule has 0 saturated heterocycles. The summed E-state index contributed by atoms with van der Waals surface area (Å²) in [6, 6.07) is 4.59. The van der Waals surface area contributed by atoms with Crippen LogP contribution in [0.25, 0.3) is 0 Å². The average Bonchev–Trinajstić information content (AvgIpc) is 2.48. The summed E-state index contributed by atoms with van der Waals surface area (Å²) in [5.41, 5.74) is -0.192. The summed E-state index contributed by atoms with van der Waals surface area (Å²) in [7, 11) is 1.61. The lowest BCUT2D eigenvalue weighted by Gasteiger charge is -2.14. The van der Waals surface area contributed by atoms with Gasteiger partial charge < -0.3 is 5.32 Å². The maximum atomic E-state index is 12.5. The molecular formula is C16H26F3NO. The van der Waals surface area contributed by atoms with Gasteiger partial charge in [0.15, 0.2) is 0 Å². The SMILES string of the molecule is CC.CC.CNC(Cc1cccc(C(F)(F)F)c1)C(C)=O. The molecule has 0 amide bonds. The van der Waals surface area contributed by atoms with E-state index in [4.69, 9.17) is 0 Å². The van der Waals surface area contributed by atoms with E-state index in [0.717, 1.165) is 12.1 Å². The summed E-state index contributed by atoms with van der Waals surface area (Å²) in [5.74, 6) is -0.0927. The first-order valence-corrected chi connectivity index (χ1v) is 7.18. The number of nitrogens with one attached hydrogen (secondary N) is 1. The molecule has 1 atom stereocenters. The molecule has 0 bridgehead atoms. The molecule has 0 spiro atoms. The van der Waals surface area contributed by atoms with Crippen LogP contribution in [0.4, 0.5) is 13.2 Å². The summed E-state index contributed by atoms with van der Waals surface area (Å²) in [6.45, 7) is 9.41. The van der Waals surface area contributed by atoms with Crippen LogP contribution in [0, 0.1) is 0 Å². The van der Waals surface area contributed by atoms with Gasteiger partial charge in [-0.1, -0.05) is 45.9 Å². The monoisotopic (exact) mass is 305 g/mol. The normalized spacial score (nSPS) is 11.5. The largest absolute Gasteiger partial charge is 0.416 e. The first-order chi connectivity index (χ1) is 9.84. The van der Waals surface area contributed by atoms with Crippen molar-refractivity contribution in [1.82, 2.24) is 5.32 Å². The van der Waals surface area contributed by atoms with Gasteiger partial charge in [-0.25, -0.2) is 0 Å². The van der Waals surface area contributed by atoms with Crippen molar-refractivity contribution in [2.24, 2.45) is 0 Å². The predicted octanol–water partition coefficient (Wildman–Crippen LogP) is 4.48. The number of hydrogen-bond acceptors (Lipinski definition) is 2. The number of hydrogen-bond donors (Lipinski definition) is 1. The van der Waals surface area contributed by atoms with Crippen molar-refractivity contribution >= 4 is 5.78 Å². The van der Waals surface area contributed by atoms with Crippen LogP contribution in [0.15, 0.2) is 24.3 Å². The lowest BCUT2D eigenvalue weighted by molar-refractivity contribution is -0.137. The van der Waals surface area contributed by atoms with Gasteiger partial charge in [-0.2, -0.15) is 13.2 Å². The Labute approximate surface area is 125 Å². The Bertz CT molecular complexity index is 403. The van der Waals surface area contributed by atoms with Crippen LogP contribution < -0.4 is 5.32 Å². The smallest absolute Gasteiger partial charge is 0.310 e. The minimum atomic E-state index is -4.35. The molecule has 0 heterocycles. The van der Waals surface area contributed by atoms with Gasteiger partial charge in [-0.3, -0.25) is 4.79 Å². The van der Waals surface area contributed by atoms with E-state index in [1.54, 1.807) is 13.1 Å². The molecule has 1 aromatic carbocycles. The van der Waals surface area contributed by atoms with Gasteiger partial charge in [0.25, 0.3) is 0 Å². The summed E-state index contributed by atoms with van der Waals surface area (Å²) < 4.78 is 37.4. The molecule has 1 N–H and O–H groups in total. The third kappa shape index (κ3) is 8.50. The number of Topliss-reactive ketones (excluding diaryl/α,β-unsaturated/α-hetero) is 1. The van der Waals surface area contributed by atoms with Crippen LogP contribution in [0.2, 0.25) is 0 Å². The number of alkyl halides is 3. The van der Waals surface area contributed by atoms with E-state index in [9.17, 15) is 18.0 Å². The number of halogens is 3. The Morgan fingerprint density at radius 3 is 2.10 bits per heavy atom. The van der Waals surface area contributed by atoms with Gasteiger partial charge in [-0.05, 0) is 32.0 Å². The number of rotatable bonds is 4. The average molecular weight is 305 g/mol. The maximum Gasteiger partial charge on any atom is 0.416 e. The summed E-state index contributed by atoms with van der Waals surface area (Å²) in [6.07, 6.45) is -4.09. The van der Waals surface area contributed by atoms with Crippen molar-refractivity contribution in [2.45, 2.75) is 53.3 Å². The number of carbonyl (C=O) groups excluding carboxylic acids is 1. The van der Waals surface area contributed by atoms with E-state index in [0.29, 0.717) is 5.56 Å². The Morgan fingerprint density at radius 1 is 1.19 bits per heavy atom. The van der Waals surface area contributed by atoms with E-state index >= 15 is 0 Å². The molecule has 0 radical (unpaired) electrons. The summed E-state index contributed by atoms with van der Waals surface area (Å²) in [5, 5.41) is 2.78. The molecule has 0 saturated carbocycles. The number of ketones is 1. The molecule has 0 aliphatic heterocycles. The molecular weight excluding hydrogens is 279 g/mol. The minimum Gasteiger partial charge on any atom is -0.310 e. The van der Waals surface area contributed by atoms with Crippen molar-refractivity contribution in [2.75, 3.05) is 7.05 Å². The second kappa shape index (κ2) is 11.3. The Kier molecular flexibility index (Phi) is 11.8. The molecule has 1 rings (SSSR count). The fourth-order valence-corrected chi connectivity index (χ4v) is 1.56. The fourth-order valence-electron chi connectivity index (χ4n) is 1.56. The van der Waals surface area contributed by atoms with Gasteiger partial charge in [0.2, 0.25) is 0 Å². The van der Waals surface area contributed by atoms with E-state index in [1.165, 1.54) is 13.0 Å². The highest BCUT2D eigenvalue weighted by atomic mass is 19.4. The van der Waals surface area contributed by atoms with Crippen molar-refractivity contribution < 1.29 is 18.0 Å². The van der Waals surface area contributed by atoms with Crippen LogP contribution in [0.5, 0.6) is 0 Å². The molecule has 21 heavy (non-hydrogen) atoms. The van der Waals surface area contributed by atoms with E-state index in [1.807, 2.05) is 27.7 Å². The summed E-state index contributed by atoms with van der Waals surface area (Å²) >= 11 is 0. The molecule has 122 valence electrons. The summed E-state index contributed by atoms with van der Waals surface area (Å²) in [4.78, 5) is 11.2. The van der Waals surface area contributed by atoms with Gasteiger partial charge in [-0.15, -0.1) is 0 Å². The standard InChI is InChI=1S/C12H14F3NO.2C2H6/c1-8(17)11(16-2)7-9-4-3-5-10(6-9)12(13,14)15;2*1-2/h3-6,11,16H,7H2,1-2H3;2*1-2H3. The third-order valence-electron chi connectivity index (χ3n) is 2.53. The first-order valence-electron chi connectivity index (χ1n) is 7.18. The highest BCUT2D eigenvalue weighted by Crippen LogP contribution is 2.29. The molecule has 0 aliphatic carbocycles. The van der Waals surface area contributed by atoms with Gasteiger partial charge in [0.1, 0.15) is 5.78 Å². The highest BCUT2D eigenvalue weighted by Gasteiger charge is 2.30. The van der Waals surface area contributed by atoms with Gasteiger partial charge in [0, 0.05) is 0 Å². The third-order valence-corrected chi connectivity index (χ3v) is 2.53. The van der Waals surface area contributed by atoms with Crippen LogP contribution in [0.3, 0.4) is 0 Å². The van der Waals surface area contributed by atoms with E-state index < -0.39 is 17.8 Å². The quantitative estimate of drug-likeness (QED) is 0.888. The zero-order valence-electron chi connectivity index (χ0n) is 13.6. The topological polar surface area (TPSA) is 29.1 Å². The van der Waals surface area contributed by atoms with Crippen molar-refractivity contribution in [3.63, 3.8) is 0 Å². The number of likely N-dealkylation sites (N-methyl/N-ethyl adjacent to an activating group) is 1. The van der Waals surface area contributed by atoms with Gasteiger partial charge in [0.05, 0.1) is 11.6 Å². The van der Waals surface area contributed by atoms with Crippen LogP contribution in [-0.2, 0) is 17.4 Å². The van der Waals surface area contributed by atoms with Crippen molar-refractivity contribution in [3.05, 3.63) is 35.4 Å². The fraction of sp³-hybridized carbons (Fsp3) is 0.562. The lowest BCUT2D eigenvalue weighted by Crippen LogP contribution is -2.34. The minimum absolute atomic E-state index is 0.0927. The molecule has 0 aromatic heterocycles. The second-order valence-corrected chi connectivity index (χ2v) is 3.85. The molecule has 2 nitrogen and oxygen atoms in total. The first kappa shape index (κ1) is 21.9. The molecule has 0 fully saturated rings. The molecule has 1 unspecified atom stereocenters. The lowest BCUT2D eigenvalue weighted by atomic mass is 10.0. The van der Waals surface area contributed by atoms with E-state index in [-0.39, 0.29) is 12.2 Å². The van der Waals surface area contributed by atoms with Crippen LogP contribution in [-0.4, -0.2) is 18.9 Å². The van der Waals surface area contributed by atoms with Crippen molar-refractivity contribution in [1.29, 1.82) is 0 Å². The second-order valence-electron chi connectivity index (χ2n) is 3.85. The van der Waals surface area contributed by atoms with Crippen LogP contribution >= 0.6 is 0 Å². The number of benzene rings is 1. The van der Waals surface area contributed by atoms with Crippen LogP contribution in [0.1, 0.15) is 45.7 Å². The Hall–Kier alpha value is -1.36. The molecule has 0 aliphatic rings. The maximum absolute atomic E-state index is 12.5. The molecule has 5 heteroatoms. The Morgan fingerprint density at radius 2 is 1.71 bits per heavy atom. The van der Waals surface area contributed by atoms with Crippen molar-refractivity contribution in [3.8, 4) is 0 Å². The molecule has 1 aromatic rings. The Balaban J connectivity index is 0. The predicted molar refractivity (Wildman–Crippen MR) is 81.4 cm³/mol. The highest BCUT2D eigenvalue weighted by molar-refractivity contribution is 5.81. The number of carbonyl (C=O) groups is 1. The van der Waals surface area contributed by atoms with Gasteiger partial charge >= 0.3 is 6.18 Å². The zero-order valence-corrected chi connectivity index (χ0v) is 13.6. The van der Waals surface area contributed by atoms with E-state index in [2.05, 4.69) is 5.32 Å². The zero-order chi connectivity index (χ0) is 17.1.